The molecule has 0 saturated carbocycles. The average Bonchev–Trinajstić information content (AvgIpc) is 3.29. The number of aromatic amines is 1. The number of anilines is 1. The van der Waals surface area contributed by atoms with Gasteiger partial charge in [-0.1, -0.05) is 36.2 Å². The molecule has 3 heterocycles. The molecule has 2 aromatic carbocycles. The first-order valence-electron chi connectivity index (χ1n) is 10.2. The molecule has 3 aromatic heterocycles. The Balaban J connectivity index is 1.76. The molecule has 0 amide bonds. The van der Waals surface area contributed by atoms with Crippen molar-refractivity contribution in [3.05, 3.63) is 87.0 Å². The summed E-state index contributed by atoms with van der Waals surface area (Å²) in [5, 5.41) is 4.98. The topological polar surface area (TPSA) is 88.5 Å². The van der Waals surface area contributed by atoms with E-state index in [-0.39, 0.29) is 11.4 Å². The van der Waals surface area contributed by atoms with Crippen LogP contribution in [-0.2, 0) is 0 Å². The number of hydrogen-bond donors (Lipinski definition) is 2. The summed E-state index contributed by atoms with van der Waals surface area (Å²) in [7, 11) is 0. The van der Waals surface area contributed by atoms with Crippen molar-refractivity contribution in [2.75, 3.05) is 5.32 Å². The van der Waals surface area contributed by atoms with Gasteiger partial charge in [-0.2, -0.15) is 0 Å². The van der Waals surface area contributed by atoms with Crippen molar-refractivity contribution < 1.29 is 4.39 Å². The number of aromatic nitrogens is 5. The van der Waals surface area contributed by atoms with E-state index in [1.54, 1.807) is 24.3 Å². The second-order valence-corrected chi connectivity index (χ2v) is 8.31. The predicted molar refractivity (Wildman–Crippen MR) is 128 cm³/mol. The Morgan fingerprint density at radius 2 is 1.97 bits per heavy atom. The van der Waals surface area contributed by atoms with Crippen molar-refractivity contribution in [2.24, 2.45) is 0 Å². The van der Waals surface area contributed by atoms with Crippen molar-refractivity contribution in [3.8, 4) is 5.69 Å². The molecule has 0 aliphatic heterocycles. The first-order chi connectivity index (χ1) is 16.0. The number of hydrogen-bond acceptors (Lipinski definition) is 5. The molecule has 0 radical (unpaired) electrons. The maximum Gasteiger partial charge on any atom is 0.263 e. The van der Waals surface area contributed by atoms with Crippen molar-refractivity contribution >= 4 is 51.0 Å². The fourth-order valence-electron chi connectivity index (χ4n) is 3.88. The van der Waals surface area contributed by atoms with Crippen LogP contribution < -0.4 is 10.9 Å². The lowest BCUT2D eigenvalue weighted by molar-refractivity contribution is 0.629. The van der Waals surface area contributed by atoms with Crippen molar-refractivity contribution in [1.82, 2.24) is 24.5 Å². The van der Waals surface area contributed by atoms with Gasteiger partial charge in [0.1, 0.15) is 17.7 Å². The number of H-pyrrole nitrogens is 1. The minimum atomic E-state index is -0.497. The Labute approximate surface area is 197 Å². The Morgan fingerprint density at radius 3 is 2.79 bits per heavy atom. The number of pyridine rings is 1. The molecule has 0 aliphatic rings. The number of fused-ring (bicyclic) bond motifs is 2. The Morgan fingerprint density at radius 1 is 1.12 bits per heavy atom. The Hall–Kier alpha value is -3.49. The van der Waals surface area contributed by atoms with E-state index in [0.717, 1.165) is 0 Å². The summed E-state index contributed by atoms with van der Waals surface area (Å²) >= 11 is 12.7. The molecule has 1 unspecified atom stereocenters. The minimum Gasteiger partial charge on any atom is -0.360 e. The van der Waals surface area contributed by atoms with E-state index in [1.165, 1.54) is 29.4 Å². The largest absolute Gasteiger partial charge is 0.360 e. The van der Waals surface area contributed by atoms with Crippen LogP contribution in [0, 0.1) is 5.82 Å². The van der Waals surface area contributed by atoms with Crippen LogP contribution in [0.3, 0.4) is 0 Å². The first-order valence-corrected chi connectivity index (χ1v) is 10.9. The van der Waals surface area contributed by atoms with E-state index < -0.39 is 11.4 Å². The Kier molecular flexibility index (Phi) is 5.47. The summed E-state index contributed by atoms with van der Waals surface area (Å²) in [5.74, 6) is 0.0201. The summed E-state index contributed by atoms with van der Waals surface area (Å²) in [6.07, 6.45) is 3.57. The lowest BCUT2D eigenvalue weighted by Crippen LogP contribution is -2.27. The van der Waals surface area contributed by atoms with Gasteiger partial charge in [0.05, 0.1) is 28.5 Å². The van der Waals surface area contributed by atoms with Crippen LogP contribution in [0.4, 0.5) is 10.2 Å². The van der Waals surface area contributed by atoms with Crippen molar-refractivity contribution in [3.63, 3.8) is 0 Å². The molecule has 0 spiro atoms. The SMILES string of the molecule is CCC(Nc1ncnc2[nH]cnc12)c1cc2ccc(F)cc2c(=O)n1-c1cc(Cl)ccc1Cl. The van der Waals surface area contributed by atoms with Crippen LogP contribution in [0.25, 0.3) is 27.6 Å². The van der Waals surface area contributed by atoms with Gasteiger partial charge in [-0.05, 0) is 48.2 Å². The molecule has 5 rings (SSSR count). The van der Waals surface area contributed by atoms with Gasteiger partial charge in [-0.3, -0.25) is 9.36 Å². The standard InChI is InChI=1S/C23H17Cl2FN6O/c1-2-17(31-22-20-21(28-10-27-20)29-11-30-22)19-7-12-3-5-14(26)9-15(12)23(33)32(19)18-8-13(24)4-6-16(18)25/h3-11,17H,2H2,1H3,(H2,27,28,29,30,31). The lowest BCUT2D eigenvalue weighted by atomic mass is 10.0. The Bertz CT molecular complexity index is 1560. The van der Waals surface area contributed by atoms with Gasteiger partial charge in [-0.25, -0.2) is 19.3 Å². The van der Waals surface area contributed by atoms with Gasteiger partial charge in [0.2, 0.25) is 0 Å². The average molecular weight is 483 g/mol. The summed E-state index contributed by atoms with van der Waals surface area (Å²) in [5.41, 5.74) is 1.79. The number of benzene rings is 2. The van der Waals surface area contributed by atoms with Gasteiger partial charge in [0.25, 0.3) is 5.56 Å². The van der Waals surface area contributed by atoms with Crippen LogP contribution in [0.5, 0.6) is 0 Å². The van der Waals surface area contributed by atoms with Gasteiger partial charge in [-0.15, -0.1) is 0 Å². The fraction of sp³-hybridized carbons (Fsp3) is 0.130. The molecule has 33 heavy (non-hydrogen) atoms. The molecular weight excluding hydrogens is 466 g/mol. The molecule has 5 aromatic rings. The third-order valence-electron chi connectivity index (χ3n) is 5.45. The zero-order valence-corrected chi connectivity index (χ0v) is 18.8. The predicted octanol–water partition coefficient (Wildman–Crippen LogP) is 5.67. The van der Waals surface area contributed by atoms with Crippen LogP contribution in [0.15, 0.2) is 59.9 Å². The molecular formula is C23H17Cl2FN6O. The molecule has 0 saturated heterocycles. The normalized spacial score (nSPS) is 12.4. The summed E-state index contributed by atoms with van der Waals surface area (Å²) in [6.45, 7) is 1.98. The van der Waals surface area contributed by atoms with Gasteiger partial charge < -0.3 is 10.3 Å². The van der Waals surface area contributed by atoms with Crippen molar-refractivity contribution in [2.45, 2.75) is 19.4 Å². The smallest absolute Gasteiger partial charge is 0.263 e. The fourth-order valence-corrected chi connectivity index (χ4v) is 4.25. The highest BCUT2D eigenvalue weighted by Gasteiger charge is 2.22. The first kappa shape index (κ1) is 21.4. The maximum atomic E-state index is 14.0. The molecule has 10 heteroatoms. The highest BCUT2D eigenvalue weighted by atomic mass is 35.5. The van der Waals surface area contributed by atoms with E-state index in [4.69, 9.17) is 23.2 Å². The number of rotatable bonds is 5. The summed E-state index contributed by atoms with van der Waals surface area (Å²) < 4.78 is 15.5. The van der Waals surface area contributed by atoms with Crippen LogP contribution in [0.2, 0.25) is 10.0 Å². The van der Waals surface area contributed by atoms with E-state index in [1.807, 2.05) is 13.0 Å². The van der Waals surface area contributed by atoms with E-state index in [0.29, 0.717) is 50.2 Å². The van der Waals surface area contributed by atoms with Gasteiger partial charge in [0.15, 0.2) is 11.5 Å². The quantitative estimate of drug-likeness (QED) is 0.337. The summed E-state index contributed by atoms with van der Waals surface area (Å²) in [4.78, 5) is 29.4. The van der Waals surface area contributed by atoms with E-state index >= 15 is 0 Å². The molecule has 0 aliphatic carbocycles. The molecule has 166 valence electrons. The van der Waals surface area contributed by atoms with Crippen LogP contribution in [-0.4, -0.2) is 24.5 Å². The highest BCUT2D eigenvalue weighted by molar-refractivity contribution is 6.34. The third kappa shape index (κ3) is 3.81. The van der Waals surface area contributed by atoms with E-state index in [2.05, 4.69) is 25.3 Å². The lowest BCUT2D eigenvalue weighted by Gasteiger charge is -2.24. The zero-order valence-electron chi connectivity index (χ0n) is 17.3. The number of halogens is 3. The monoisotopic (exact) mass is 482 g/mol. The number of nitrogens with one attached hydrogen (secondary N) is 2. The molecule has 0 fully saturated rings. The van der Waals surface area contributed by atoms with Crippen LogP contribution >= 0.6 is 23.2 Å². The van der Waals surface area contributed by atoms with Gasteiger partial charge >= 0.3 is 0 Å². The van der Waals surface area contributed by atoms with E-state index in [9.17, 15) is 9.18 Å². The van der Waals surface area contributed by atoms with Gasteiger partial charge in [0, 0.05) is 10.7 Å². The molecule has 7 nitrogen and oxygen atoms in total. The second-order valence-electron chi connectivity index (χ2n) is 7.46. The number of imidazole rings is 1. The highest BCUT2D eigenvalue weighted by Crippen LogP contribution is 2.31. The third-order valence-corrected chi connectivity index (χ3v) is 6.01. The maximum absolute atomic E-state index is 14.0. The minimum absolute atomic E-state index is 0.237. The summed E-state index contributed by atoms with van der Waals surface area (Å²) in [6, 6.07) is 10.5. The zero-order chi connectivity index (χ0) is 23.1. The number of nitrogens with zero attached hydrogens (tertiary/aromatic N) is 4. The molecule has 1 atom stereocenters. The molecule has 0 bridgehead atoms. The second kappa shape index (κ2) is 8.46. The van der Waals surface area contributed by atoms with Crippen LogP contribution in [0.1, 0.15) is 25.1 Å². The van der Waals surface area contributed by atoms with Crippen molar-refractivity contribution in [1.29, 1.82) is 0 Å². The molecule has 2 N–H and O–H groups in total.